The maximum atomic E-state index is 2.40. The highest BCUT2D eigenvalue weighted by atomic mass is 15.0. The molecule has 0 N–H and O–H groups in total. The standard InChI is InChI=1S/C48H32N2.2C42H28N2/c1-2-11-33(12-3-1)34-21-23-35(24-22-34)37-13-10-14-40(31-37)50-47-20-9-6-17-43(47)44-32-38(27-30-48(44)50)36-25-28-39(29-26-36)49-45-18-7-4-15-41(45)42-16-5-8-19-46(42)49;1-3-11-29(12-4-1)32-21-25-37-35-15-7-9-17-39(35)44(42(37)28-32)34-23-19-30(20-24-34)31-22-26-41-38(27-31)36-16-8-10-18-40(36)43(41)33-13-5-2-6-14-33;1-3-11-29(12-4-1)31-21-25-42-37(27-31)36-16-8-10-18-40(36)44(42)34-23-19-30(20-24-34)32-22-26-41-38(28-32)35-15-7-9-17-39(35)43(41)33-13-5-2-6-14-33/h1-32H;2*1-28H. The molecule has 28 aromatic rings. The average Bonchev–Trinajstić information content (AvgIpc) is 1.73. The Morgan fingerprint density at radius 3 is 0.551 bits per heavy atom. The summed E-state index contributed by atoms with van der Waals surface area (Å²) in [6, 6.07) is 193. The van der Waals surface area contributed by atoms with E-state index in [1.807, 2.05) is 0 Å². The molecule has 6 nitrogen and oxygen atoms in total. The van der Waals surface area contributed by atoms with Gasteiger partial charge in [-0.1, -0.05) is 364 Å². The second kappa shape index (κ2) is 34.0. The molecule has 0 aliphatic carbocycles. The fourth-order valence-corrected chi connectivity index (χ4v) is 21.5. The van der Waals surface area contributed by atoms with Crippen LogP contribution < -0.4 is 0 Å². The molecule has 0 unspecified atom stereocenters. The van der Waals surface area contributed by atoms with E-state index >= 15 is 0 Å². The number of hydrogen-bond acceptors (Lipinski definition) is 0. The first kappa shape index (κ1) is 80.5. The van der Waals surface area contributed by atoms with Gasteiger partial charge in [-0.05, 0) is 248 Å². The molecule has 0 radical (unpaired) electrons. The first-order valence-corrected chi connectivity index (χ1v) is 47.4. The number of benzene rings is 22. The van der Waals surface area contributed by atoms with Crippen molar-refractivity contribution >= 4 is 131 Å². The second-order valence-electron chi connectivity index (χ2n) is 35.8. The average molecular weight is 1760 g/mol. The van der Waals surface area contributed by atoms with Gasteiger partial charge in [-0.3, -0.25) is 0 Å². The predicted octanol–water partition coefficient (Wildman–Crippen LogP) is 35.3. The lowest BCUT2D eigenvalue weighted by atomic mass is 10.00. The Hall–Kier alpha value is -18.4. The van der Waals surface area contributed by atoms with Gasteiger partial charge >= 0.3 is 0 Å². The lowest BCUT2D eigenvalue weighted by molar-refractivity contribution is 1.18. The molecular weight excluding hydrogens is 1670 g/mol. The molecule has 6 aromatic heterocycles. The molecule has 138 heavy (non-hydrogen) atoms. The molecule has 0 atom stereocenters. The molecule has 0 spiro atoms. The third-order valence-electron chi connectivity index (χ3n) is 28.0. The SMILES string of the molecule is c1ccc(-c2ccc(-c3cccc(-n4c5ccccc5c5cc(-c6ccc(-n7c8ccccc8c8ccccc87)cc6)ccc54)c3)cc2)cc1.c1ccc(-c2ccc3c(c2)c2ccccc2n3-c2ccc(-c3ccc4c(c3)c3ccccc3n4-c3ccccc3)cc2)cc1.c1ccc(-c2ccc3c4ccccc4n(-c4ccc(-c5ccc6c(c5)c5ccccc5n6-c5ccccc5)cc4)c3c2)cc1. The topological polar surface area (TPSA) is 29.6 Å². The van der Waals surface area contributed by atoms with E-state index in [4.69, 9.17) is 0 Å². The Morgan fingerprint density at radius 2 is 0.246 bits per heavy atom. The minimum absolute atomic E-state index is 1.16. The molecule has 0 saturated heterocycles. The van der Waals surface area contributed by atoms with E-state index in [2.05, 4.69) is 561 Å². The molecule has 0 bridgehead atoms. The molecule has 0 fully saturated rings. The van der Waals surface area contributed by atoms with Gasteiger partial charge in [-0.25, -0.2) is 0 Å². The van der Waals surface area contributed by atoms with Gasteiger partial charge in [0.15, 0.2) is 0 Å². The van der Waals surface area contributed by atoms with E-state index in [9.17, 15) is 0 Å². The molecular formula is C132H88N6. The maximum Gasteiger partial charge on any atom is 0.0547 e. The summed E-state index contributed by atoms with van der Waals surface area (Å²) in [4.78, 5) is 0. The summed E-state index contributed by atoms with van der Waals surface area (Å²) in [5, 5.41) is 15.2. The van der Waals surface area contributed by atoms with Crippen LogP contribution in [0.25, 0.3) is 243 Å². The van der Waals surface area contributed by atoms with E-state index in [1.165, 1.54) is 226 Å². The zero-order valence-electron chi connectivity index (χ0n) is 75.5. The fraction of sp³-hybridized carbons (Fsp3) is 0. The summed E-state index contributed by atoms with van der Waals surface area (Å²) in [6.45, 7) is 0. The van der Waals surface area contributed by atoms with Crippen LogP contribution in [0.3, 0.4) is 0 Å². The van der Waals surface area contributed by atoms with Crippen LogP contribution in [-0.2, 0) is 0 Å². The third-order valence-corrected chi connectivity index (χ3v) is 28.0. The quantitative estimate of drug-likeness (QED) is 0.110. The van der Waals surface area contributed by atoms with Crippen LogP contribution in [0.2, 0.25) is 0 Å². The number of rotatable bonds is 13. The van der Waals surface area contributed by atoms with Gasteiger partial charge in [0.2, 0.25) is 0 Å². The molecule has 6 heteroatoms. The highest BCUT2D eigenvalue weighted by Crippen LogP contribution is 2.45. The van der Waals surface area contributed by atoms with Crippen molar-refractivity contribution in [2.75, 3.05) is 0 Å². The van der Waals surface area contributed by atoms with Gasteiger partial charge in [-0.15, -0.1) is 0 Å². The van der Waals surface area contributed by atoms with Crippen LogP contribution in [0, 0.1) is 0 Å². The van der Waals surface area contributed by atoms with Gasteiger partial charge in [0.1, 0.15) is 0 Å². The molecule has 646 valence electrons. The highest BCUT2D eigenvalue weighted by molar-refractivity contribution is 6.16. The van der Waals surface area contributed by atoms with Crippen molar-refractivity contribution in [2.24, 2.45) is 0 Å². The summed E-state index contributed by atoms with van der Waals surface area (Å²) >= 11 is 0. The molecule has 0 amide bonds. The van der Waals surface area contributed by atoms with Gasteiger partial charge in [0.05, 0.1) is 66.2 Å². The van der Waals surface area contributed by atoms with E-state index in [-0.39, 0.29) is 0 Å². The zero-order valence-corrected chi connectivity index (χ0v) is 75.5. The van der Waals surface area contributed by atoms with Crippen molar-refractivity contribution in [3.8, 4) is 112 Å². The summed E-state index contributed by atoms with van der Waals surface area (Å²) in [5.41, 5.74) is 38.7. The van der Waals surface area contributed by atoms with Crippen LogP contribution in [-0.4, -0.2) is 27.4 Å². The molecule has 0 saturated carbocycles. The molecule has 0 aliphatic rings. The third kappa shape index (κ3) is 14.0. The summed E-state index contributed by atoms with van der Waals surface area (Å²) in [5.74, 6) is 0. The smallest absolute Gasteiger partial charge is 0.0547 e. The lowest BCUT2D eigenvalue weighted by Crippen LogP contribution is -1.94. The van der Waals surface area contributed by atoms with Crippen molar-refractivity contribution < 1.29 is 0 Å². The summed E-state index contributed by atoms with van der Waals surface area (Å²) in [7, 11) is 0. The van der Waals surface area contributed by atoms with E-state index in [0.29, 0.717) is 0 Å². The van der Waals surface area contributed by atoms with Crippen molar-refractivity contribution in [3.63, 3.8) is 0 Å². The van der Waals surface area contributed by atoms with E-state index in [0.717, 1.165) is 17.1 Å². The van der Waals surface area contributed by atoms with Crippen LogP contribution in [0.15, 0.2) is 534 Å². The van der Waals surface area contributed by atoms with Crippen LogP contribution in [0.1, 0.15) is 0 Å². The van der Waals surface area contributed by atoms with E-state index in [1.54, 1.807) is 0 Å². The van der Waals surface area contributed by atoms with Gasteiger partial charge in [-0.2, -0.15) is 0 Å². The van der Waals surface area contributed by atoms with Crippen molar-refractivity contribution in [1.82, 2.24) is 27.4 Å². The predicted molar refractivity (Wildman–Crippen MR) is 583 cm³/mol. The highest BCUT2D eigenvalue weighted by Gasteiger charge is 2.22. The minimum atomic E-state index is 1.16. The Kier molecular flexibility index (Phi) is 19.9. The van der Waals surface area contributed by atoms with E-state index < -0.39 is 0 Å². The van der Waals surface area contributed by atoms with Crippen LogP contribution in [0.5, 0.6) is 0 Å². The molecule has 0 aliphatic heterocycles. The minimum Gasteiger partial charge on any atom is -0.309 e. The summed E-state index contributed by atoms with van der Waals surface area (Å²) in [6.07, 6.45) is 0. The zero-order chi connectivity index (χ0) is 91.1. The number of nitrogens with zero attached hydrogens (tertiary/aromatic N) is 6. The normalized spacial score (nSPS) is 11.6. The number of para-hydroxylation sites is 9. The largest absolute Gasteiger partial charge is 0.309 e. The number of fused-ring (bicyclic) bond motifs is 18. The van der Waals surface area contributed by atoms with Gasteiger partial charge < -0.3 is 27.4 Å². The van der Waals surface area contributed by atoms with Crippen LogP contribution in [0.4, 0.5) is 0 Å². The van der Waals surface area contributed by atoms with Gasteiger partial charge in [0.25, 0.3) is 0 Å². The van der Waals surface area contributed by atoms with Crippen molar-refractivity contribution in [1.29, 1.82) is 0 Å². The van der Waals surface area contributed by atoms with Gasteiger partial charge in [0, 0.05) is 98.8 Å². The molecule has 6 heterocycles. The van der Waals surface area contributed by atoms with Crippen molar-refractivity contribution in [2.45, 2.75) is 0 Å². The molecule has 22 aromatic carbocycles. The lowest BCUT2D eigenvalue weighted by Gasteiger charge is -2.12. The maximum absolute atomic E-state index is 2.40. The fourth-order valence-electron chi connectivity index (χ4n) is 21.5. The first-order chi connectivity index (χ1) is 68.5. The summed E-state index contributed by atoms with van der Waals surface area (Å²) < 4.78 is 14.3. The number of hydrogen-bond donors (Lipinski definition) is 0. The monoisotopic (exact) mass is 1760 g/mol. The Labute approximate surface area is 798 Å². The first-order valence-electron chi connectivity index (χ1n) is 47.4. The Bertz CT molecular complexity index is 9450. The molecule has 28 rings (SSSR count). The Morgan fingerprint density at radius 1 is 0.0797 bits per heavy atom. The number of aromatic nitrogens is 6. The second-order valence-corrected chi connectivity index (χ2v) is 35.8. The Balaban J connectivity index is 0.000000107. The van der Waals surface area contributed by atoms with Crippen LogP contribution >= 0.6 is 0 Å². The van der Waals surface area contributed by atoms with Crippen molar-refractivity contribution in [3.05, 3.63) is 534 Å².